The monoisotopic (exact) mass is 507 g/mol. The molecule has 3 heteroatoms. The third-order valence-corrected chi connectivity index (χ3v) is 9.50. The van der Waals surface area contributed by atoms with E-state index in [1.165, 1.54) is 62.5 Å². The molecule has 1 aromatic carbocycles. The highest BCUT2D eigenvalue weighted by Gasteiger charge is 2.46. The standard InChI is InChI=1S/C34H53NO2/c1-7-9-10-11-26-12-14-29(15-13-26)32-21-20-30(25-36-32)27-16-18-28(19-17-27)31-23-33(3,4)35(37-22-8-2)34(5,6)24-31/h7-9,16-19,26,29-32H,2,10-15,20-25H2,1,3-6H3/b9-7+. The van der Waals surface area contributed by atoms with E-state index in [1.807, 2.05) is 6.08 Å². The zero-order valence-electron chi connectivity index (χ0n) is 24.4. The number of benzene rings is 1. The van der Waals surface area contributed by atoms with Crippen molar-refractivity contribution >= 4 is 0 Å². The lowest BCUT2D eigenvalue weighted by Gasteiger charge is -2.54. The molecular weight excluding hydrogens is 454 g/mol. The van der Waals surface area contributed by atoms with Gasteiger partial charge >= 0.3 is 0 Å². The van der Waals surface area contributed by atoms with E-state index in [0.717, 1.165) is 31.3 Å². The fourth-order valence-electron chi connectivity index (χ4n) is 7.77. The zero-order chi connectivity index (χ0) is 26.5. The van der Waals surface area contributed by atoms with Crippen LogP contribution < -0.4 is 0 Å². The molecule has 2 atom stereocenters. The molecule has 0 spiro atoms. The fraction of sp³-hybridized carbons (Fsp3) is 0.706. The Hall–Kier alpha value is -1.42. The van der Waals surface area contributed by atoms with Crippen LogP contribution in [0.3, 0.4) is 0 Å². The molecule has 3 fully saturated rings. The summed E-state index contributed by atoms with van der Waals surface area (Å²) in [6.45, 7) is 16.7. The molecule has 3 nitrogen and oxygen atoms in total. The van der Waals surface area contributed by atoms with Crippen LogP contribution in [0.1, 0.15) is 122 Å². The smallest absolute Gasteiger partial charge is 0.0864 e. The van der Waals surface area contributed by atoms with Gasteiger partial charge in [-0.3, -0.25) is 4.84 Å². The topological polar surface area (TPSA) is 21.7 Å². The molecule has 1 aliphatic carbocycles. The summed E-state index contributed by atoms with van der Waals surface area (Å²) < 4.78 is 6.53. The lowest BCUT2D eigenvalue weighted by molar-refractivity contribution is -0.277. The van der Waals surface area contributed by atoms with Gasteiger partial charge in [-0.2, -0.15) is 5.06 Å². The average molecular weight is 508 g/mol. The summed E-state index contributed by atoms with van der Waals surface area (Å²) in [7, 11) is 0. The van der Waals surface area contributed by atoms with Gasteiger partial charge in [0, 0.05) is 17.0 Å². The minimum atomic E-state index is -0.0218. The summed E-state index contributed by atoms with van der Waals surface area (Å²) in [5, 5.41) is 2.22. The molecule has 2 heterocycles. The predicted octanol–water partition coefficient (Wildman–Crippen LogP) is 8.97. The van der Waals surface area contributed by atoms with E-state index in [2.05, 4.69) is 82.7 Å². The largest absolute Gasteiger partial charge is 0.377 e. The van der Waals surface area contributed by atoms with Crippen LogP contribution in [-0.2, 0) is 9.57 Å². The first kappa shape index (κ1) is 28.6. The molecule has 4 rings (SSSR count). The molecule has 206 valence electrons. The van der Waals surface area contributed by atoms with E-state index < -0.39 is 0 Å². The van der Waals surface area contributed by atoms with Gasteiger partial charge < -0.3 is 4.74 Å². The van der Waals surface area contributed by atoms with Crippen LogP contribution in [0.2, 0.25) is 0 Å². The van der Waals surface area contributed by atoms with E-state index in [4.69, 9.17) is 9.57 Å². The van der Waals surface area contributed by atoms with Crippen molar-refractivity contribution in [2.75, 3.05) is 13.2 Å². The minimum Gasteiger partial charge on any atom is -0.377 e. The van der Waals surface area contributed by atoms with Crippen molar-refractivity contribution in [1.82, 2.24) is 5.06 Å². The third kappa shape index (κ3) is 7.16. The second-order valence-electron chi connectivity index (χ2n) is 13.3. The number of rotatable bonds is 9. The first-order valence-electron chi connectivity index (χ1n) is 15.1. The molecule has 0 bridgehead atoms. The Morgan fingerprint density at radius 2 is 1.54 bits per heavy atom. The maximum atomic E-state index is 6.53. The number of allylic oxidation sites excluding steroid dienone is 2. The Balaban J connectivity index is 1.28. The molecule has 0 N–H and O–H groups in total. The molecule has 1 aromatic rings. The van der Waals surface area contributed by atoms with E-state index in [1.54, 1.807) is 0 Å². The van der Waals surface area contributed by atoms with Gasteiger partial charge in [0.25, 0.3) is 0 Å². The Kier molecular flexibility index (Phi) is 9.75. The Morgan fingerprint density at radius 1 is 0.919 bits per heavy atom. The molecule has 0 aromatic heterocycles. The first-order chi connectivity index (χ1) is 17.7. The van der Waals surface area contributed by atoms with Crippen LogP contribution in [0.5, 0.6) is 0 Å². The zero-order valence-corrected chi connectivity index (χ0v) is 24.4. The van der Waals surface area contributed by atoms with E-state index in [0.29, 0.717) is 24.5 Å². The lowest BCUT2D eigenvalue weighted by Crippen LogP contribution is -2.59. The molecule has 0 amide bonds. The van der Waals surface area contributed by atoms with Crippen LogP contribution in [0.15, 0.2) is 49.1 Å². The van der Waals surface area contributed by atoms with Crippen molar-refractivity contribution in [3.63, 3.8) is 0 Å². The number of nitrogens with zero attached hydrogens (tertiary/aromatic N) is 1. The summed E-state index contributed by atoms with van der Waals surface area (Å²) in [4.78, 5) is 6.12. The van der Waals surface area contributed by atoms with E-state index in [-0.39, 0.29) is 11.1 Å². The van der Waals surface area contributed by atoms with Gasteiger partial charge in [-0.15, -0.1) is 6.58 Å². The van der Waals surface area contributed by atoms with E-state index in [9.17, 15) is 0 Å². The average Bonchev–Trinajstić information content (AvgIpc) is 2.88. The number of ether oxygens (including phenoxy) is 1. The van der Waals surface area contributed by atoms with Crippen molar-refractivity contribution in [1.29, 1.82) is 0 Å². The van der Waals surface area contributed by atoms with Crippen LogP contribution in [0.25, 0.3) is 0 Å². The highest BCUT2D eigenvalue weighted by Crippen LogP contribution is 2.46. The summed E-state index contributed by atoms with van der Waals surface area (Å²) in [5.74, 6) is 2.81. The molecular formula is C34H53NO2. The molecule has 2 saturated heterocycles. The summed E-state index contributed by atoms with van der Waals surface area (Å²) >= 11 is 0. The number of hydrogen-bond acceptors (Lipinski definition) is 3. The summed E-state index contributed by atoms with van der Waals surface area (Å²) in [6.07, 6.45) is 19.7. The van der Waals surface area contributed by atoms with Crippen molar-refractivity contribution in [3.05, 3.63) is 60.2 Å². The molecule has 2 unspecified atom stereocenters. The quantitative estimate of drug-likeness (QED) is 0.311. The molecule has 3 aliphatic rings. The maximum absolute atomic E-state index is 6.53. The van der Waals surface area contributed by atoms with Crippen molar-refractivity contribution in [2.45, 2.75) is 128 Å². The van der Waals surface area contributed by atoms with Crippen molar-refractivity contribution in [3.8, 4) is 0 Å². The van der Waals surface area contributed by atoms with Gasteiger partial charge in [0.2, 0.25) is 0 Å². The van der Waals surface area contributed by atoms with Crippen LogP contribution in [0, 0.1) is 11.8 Å². The minimum absolute atomic E-state index is 0.0218. The number of hydroxylamine groups is 2. The van der Waals surface area contributed by atoms with E-state index >= 15 is 0 Å². The Morgan fingerprint density at radius 3 is 2.08 bits per heavy atom. The highest BCUT2D eigenvalue weighted by molar-refractivity contribution is 5.29. The molecule has 1 saturated carbocycles. The molecule has 37 heavy (non-hydrogen) atoms. The lowest BCUT2D eigenvalue weighted by atomic mass is 9.72. The first-order valence-corrected chi connectivity index (χ1v) is 15.1. The van der Waals surface area contributed by atoms with Crippen molar-refractivity contribution < 1.29 is 9.57 Å². The predicted molar refractivity (Wildman–Crippen MR) is 156 cm³/mol. The van der Waals surface area contributed by atoms with Gasteiger partial charge in [0.1, 0.15) is 0 Å². The maximum Gasteiger partial charge on any atom is 0.0864 e. The Bertz CT molecular complexity index is 852. The normalized spacial score (nSPS) is 30.9. The summed E-state index contributed by atoms with van der Waals surface area (Å²) in [5.41, 5.74) is 2.88. The number of piperidine rings is 1. The Labute approximate surface area is 227 Å². The second-order valence-corrected chi connectivity index (χ2v) is 13.3. The van der Waals surface area contributed by atoms with Crippen molar-refractivity contribution in [2.24, 2.45) is 11.8 Å². The second kappa shape index (κ2) is 12.6. The number of hydrogen-bond donors (Lipinski definition) is 0. The van der Waals surface area contributed by atoms with Gasteiger partial charge in [-0.05, 0) is 115 Å². The molecule has 2 aliphatic heterocycles. The van der Waals surface area contributed by atoms with Gasteiger partial charge in [-0.25, -0.2) is 0 Å². The van der Waals surface area contributed by atoms with Gasteiger partial charge in [0.05, 0.1) is 19.3 Å². The third-order valence-electron chi connectivity index (χ3n) is 9.50. The van der Waals surface area contributed by atoms with Crippen LogP contribution in [-0.4, -0.2) is 35.5 Å². The van der Waals surface area contributed by atoms with Crippen LogP contribution in [0.4, 0.5) is 0 Å². The van der Waals surface area contributed by atoms with Crippen LogP contribution >= 0.6 is 0 Å². The summed E-state index contributed by atoms with van der Waals surface area (Å²) in [6, 6.07) is 9.57. The SMILES string of the molecule is C=CCON1C(C)(C)CC(c2ccc(C3CCC(C4CCC(CC/C=C/C)CC4)OC3)cc2)CC1(C)C. The van der Waals surface area contributed by atoms with Gasteiger partial charge in [0.15, 0.2) is 0 Å². The molecule has 0 radical (unpaired) electrons. The van der Waals surface area contributed by atoms with Gasteiger partial charge in [-0.1, -0.05) is 55.3 Å². The fourth-order valence-corrected chi connectivity index (χ4v) is 7.77. The highest BCUT2D eigenvalue weighted by atomic mass is 16.7.